The van der Waals surface area contributed by atoms with Crippen molar-refractivity contribution in [1.29, 1.82) is 5.26 Å². The van der Waals surface area contributed by atoms with Gasteiger partial charge in [-0.1, -0.05) is 6.07 Å². The second-order valence-electron chi connectivity index (χ2n) is 2.42. The van der Waals surface area contributed by atoms with Crippen molar-refractivity contribution >= 4 is 18.3 Å². The van der Waals surface area contributed by atoms with Gasteiger partial charge < -0.3 is 0 Å². The van der Waals surface area contributed by atoms with E-state index in [-0.39, 0.29) is 12.1 Å². The predicted molar refractivity (Wildman–Crippen MR) is 49.7 cm³/mol. The van der Waals surface area contributed by atoms with Crippen LogP contribution in [0.5, 0.6) is 0 Å². The van der Waals surface area contributed by atoms with Gasteiger partial charge in [0.05, 0.1) is 22.3 Å². The summed E-state index contributed by atoms with van der Waals surface area (Å²) < 4.78 is 0. The van der Waals surface area contributed by atoms with Crippen LogP contribution in [0.1, 0.15) is 5.56 Å². The van der Waals surface area contributed by atoms with Crippen molar-refractivity contribution < 1.29 is 4.92 Å². The van der Waals surface area contributed by atoms with Crippen LogP contribution in [-0.2, 0) is 6.42 Å². The second-order valence-corrected chi connectivity index (χ2v) is 2.90. The molecule has 0 bridgehead atoms. The summed E-state index contributed by atoms with van der Waals surface area (Å²) in [5, 5.41) is 18.8. The van der Waals surface area contributed by atoms with Gasteiger partial charge in [0.25, 0.3) is 5.69 Å². The van der Waals surface area contributed by atoms with Gasteiger partial charge >= 0.3 is 0 Å². The fourth-order valence-electron chi connectivity index (χ4n) is 0.916. The number of rotatable bonds is 2. The lowest BCUT2D eigenvalue weighted by atomic mass is 10.1. The first kappa shape index (κ1) is 9.55. The summed E-state index contributed by atoms with van der Waals surface area (Å²) in [6.45, 7) is 0. The lowest BCUT2D eigenvalue weighted by Gasteiger charge is -1.97. The number of nitro benzene ring substituents is 1. The molecule has 1 rings (SSSR count). The Morgan fingerprint density at radius 2 is 2.31 bits per heavy atom. The molecule has 0 amide bonds. The summed E-state index contributed by atoms with van der Waals surface area (Å²) in [5.41, 5.74) is 0.572. The van der Waals surface area contributed by atoms with E-state index in [1.54, 1.807) is 6.07 Å². The molecule has 0 aliphatic heterocycles. The lowest BCUT2D eigenvalue weighted by molar-refractivity contribution is -0.387. The Bertz CT molecular complexity index is 384. The minimum atomic E-state index is -0.511. The first-order valence-corrected chi connectivity index (χ1v) is 3.93. The number of thiol groups is 1. The molecule has 0 atom stereocenters. The van der Waals surface area contributed by atoms with E-state index in [9.17, 15) is 10.1 Å². The van der Waals surface area contributed by atoms with Gasteiger partial charge in [-0.2, -0.15) is 5.26 Å². The minimum Gasteiger partial charge on any atom is -0.258 e. The predicted octanol–water partition coefficient (Wildman–Crippen LogP) is 1.95. The molecule has 0 heterocycles. The Morgan fingerprint density at radius 3 is 2.85 bits per heavy atom. The second kappa shape index (κ2) is 3.92. The van der Waals surface area contributed by atoms with Crippen LogP contribution in [0, 0.1) is 21.4 Å². The third-order valence-corrected chi connectivity index (χ3v) is 1.90. The standard InChI is InChI=1S/C8H6N2O2S/c9-4-3-6-1-2-8(13)7(5-6)10(11)12/h1-2,5,13H,3H2. The van der Waals surface area contributed by atoms with Gasteiger partial charge in [-0.05, 0) is 11.6 Å². The molecule has 0 saturated heterocycles. The van der Waals surface area contributed by atoms with Crippen molar-refractivity contribution in [3.8, 4) is 6.07 Å². The van der Waals surface area contributed by atoms with Crippen LogP contribution in [-0.4, -0.2) is 4.92 Å². The fraction of sp³-hybridized carbons (Fsp3) is 0.125. The maximum atomic E-state index is 10.5. The number of nitro groups is 1. The third-order valence-electron chi connectivity index (χ3n) is 1.52. The summed E-state index contributed by atoms with van der Waals surface area (Å²) >= 11 is 3.93. The molecular formula is C8H6N2O2S. The summed E-state index contributed by atoms with van der Waals surface area (Å²) in [4.78, 5) is 10.3. The zero-order chi connectivity index (χ0) is 9.84. The number of nitriles is 1. The Labute approximate surface area is 80.4 Å². The number of hydrogen-bond donors (Lipinski definition) is 1. The molecule has 0 radical (unpaired) electrons. The molecule has 0 N–H and O–H groups in total. The molecule has 0 aliphatic carbocycles. The van der Waals surface area contributed by atoms with Gasteiger partial charge in [-0.25, -0.2) is 0 Å². The smallest absolute Gasteiger partial charge is 0.258 e. The summed E-state index contributed by atoms with van der Waals surface area (Å²) in [6.07, 6.45) is 0.175. The number of hydrogen-bond acceptors (Lipinski definition) is 4. The molecule has 0 fully saturated rings. The Hall–Kier alpha value is -1.54. The molecule has 1 aromatic carbocycles. The SMILES string of the molecule is N#CCc1ccc(S)c([N+](=O)[O-])c1. The highest BCUT2D eigenvalue weighted by atomic mass is 32.1. The first-order valence-electron chi connectivity index (χ1n) is 3.48. The van der Waals surface area contributed by atoms with E-state index >= 15 is 0 Å². The number of nitrogens with zero attached hydrogens (tertiary/aromatic N) is 2. The molecule has 0 aromatic heterocycles. The maximum Gasteiger partial charge on any atom is 0.282 e. The van der Waals surface area contributed by atoms with Crippen molar-refractivity contribution in [3.05, 3.63) is 33.9 Å². The van der Waals surface area contributed by atoms with Crippen LogP contribution in [0.15, 0.2) is 23.1 Å². The normalized spacial score (nSPS) is 9.23. The van der Waals surface area contributed by atoms with Crippen LogP contribution in [0.2, 0.25) is 0 Å². The molecule has 66 valence electrons. The maximum absolute atomic E-state index is 10.5. The average molecular weight is 194 g/mol. The highest BCUT2D eigenvalue weighted by Crippen LogP contribution is 2.23. The summed E-state index contributed by atoms with van der Waals surface area (Å²) in [5.74, 6) is 0. The van der Waals surface area contributed by atoms with Crippen molar-refractivity contribution in [3.63, 3.8) is 0 Å². The van der Waals surface area contributed by atoms with Crippen molar-refractivity contribution in [2.75, 3.05) is 0 Å². The van der Waals surface area contributed by atoms with E-state index in [1.807, 2.05) is 6.07 Å². The van der Waals surface area contributed by atoms with Crippen molar-refractivity contribution in [1.82, 2.24) is 0 Å². The van der Waals surface area contributed by atoms with Crippen LogP contribution in [0.25, 0.3) is 0 Å². The highest BCUT2D eigenvalue weighted by Gasteiger charge is 2.10. The molecule has 0 unspecified atom stereocenters. The van der Waals surface area contributed by atoms with Crippen LogP contribution < -0.4 is 0 Å². The van der Waals surface area contributed by atoms with Gasteiger partial charge in [0.1, 0.15) is 0 Å². The van der Waals surface area contributed by atoms with Crippen molar-refractivity contribution in [2.24, 2.45) is 0 Å². The molecular weight excluding hydrogens is 188 g/mol. The Balaban J connectivity index is 3.13. The fourth-order valence-corrected chi connectivity index (χ4v) is 1.14. The van der Waals surface area contributed by atoms with Gasteiger partial charge in [0.15, 0.2) is 0 Å². The van der Waals surface area contributed by atoms with E-state index < -0.39 is 4.92 Å². The molecule has 4 nitrogen and oxygen atoms in total. The third kappa shape index (κ3) is 2.20. The van der Waals surface area contributed by atoms with Crippen LogP contribution in [0.4, 0.5) is 5.69 Å². The number of benzene rings is 1. The molecule has 5 heteroatoms. The summed E-state index contributed by atoms with van der Waals surface area (Å²) in [6, 6.07) is 6.46. The van der Waals surface area contributed by atoms with Crippen LogP contribution >= 0.6 is 12.6 Å². The van der Waals surface area contributed by atoms with E-state index in [0.29, 0.717) is 10.5 Å². The molecule has 0 saturated carbocycles. The first-order chi connectivity index (χ1) is 6.15. The quantitative estimate of drug-likeness (QED) is 0.444. The monoisotopic (exact) mass is 194 g/mol. The zero-order valence-electron chi connectivity index (χ0n) is 6.60. The van der Waals surface area contributed by atoms with Gasteiger partial charge in [-0.3, -0.25) is 10.1 Å². The zero-order valence-corrected chi connectivity index (χ0v) is 7.49. The Morgan fingerprint density at radius 1 is 1.62 bits per heavy atom. The van der Waals surface area contributed by atoms with E-state index in [2.05, 4.69) is 12.6 Å². The largest absolute Gasteiger partial charge is 0.282 e. The lowest BCUT2D eigenvalue weighted by Crippen LogP contribution is -1.91. The topological polar surface area (TPSA) is 66.9 Å². The minimum absolute atomic E-state index is 0.0592. The average Bonchev–Trinajstić information content (AvgIpc) is 2.08. The Kier molecular flexibility index (Phi) is 2.88. The van der Waals surface area contributed by atoms with Gasteiger partial charge in [0.2, 0.25) is 0 Å². The van der Waals surface area contributed by atoms with E-state index in [0.717, 1.165) is 0 Å². The van der Waals surface area contributed by atoms with E-state index in [4.69, 9.17) is 5.26 Å². The molecule has 1 aromatic rings. The summed E-state index contributed by atoms with van der Waals surface area (Å²) in [7, 11) is 0. The van der Waals surface area contributed by atoms with Gasteiger partial charge in [-0.15, -0.1) is 12.6 Å². The van der Waals surface area contributed by atoms with Crippen molar-refractivity contribution in [2.45, 2.75) is 11.3 Å². The van der Waals surface area contributed by atoms with Crippen LogP contribution in [0.3, 0.4) is 0 Å². The molecule has 13 heavy (non-hydrogen) atoms. The molecule has 0 aliphatic rings. The van der Waals surface area contributed by atoms with Gasteiger partial charge in [0, 0.05) is 6.07 Å². The molecule has 0 spiro atoms. The highest BCUT2D eigenvalue weighted by molar-refractivity contribution is 7.80. The van der Waals surface area contributed by atoms with E-state index in [1.165, 1.54) is 12.1 Å².